The standard InChI is InChI=1S/C11H19N3/c1-9(2)10(7-12)8-14-11-3-5-13-6-4-11/h3,7-9,13H,4-6,12H2,1-2H3/b10-7+,14-8?. The van der Waals surface area contributed by atoms with Crippen LogP contribution in [0.5, 0.6) is 0 Å². The molecular formula is C11H19N3. The minimum atomic E-state index is 0.436. The van der Waals surface area contributed by atoms with Gasteiger partial charge in [-0.1, -0.05) is 13.8 Å². The first-order valence-corrected chi connectivity index (χ1v) is 5.09. The van der Waals surface area contributed by atoms with Crippen LogP contribution in [0.25, 0.3) is 0 Å². The second-order valence-corrected chi connectivity index (χ2v) is 3.73. The SMILES string of the molecule is CC(C)/C(C=NC1=CCNCC1)=C/N. The molecule has 1 heterocycles. The van der Waals surface area contributed by atoms with E-state index in [4.69, 9.17) is 5.73 Å². The molecule has 0 aromatic heterocycles. The molecule has 0 unspecified atom stereocenters. The van der Waals surface area contributed by atoms with Crippen LogP contribution < -0.4 is 11.1 Å². The predicted molar refractivity (Wildman–Crippen MR) is 61.2 cm³/mol. The normalized spacial score (nSPS) is 19.1. The van der Waals surface area contributed by atoms with Crippen LogP contribution in [0.4, 0.5) is 0 Å². The minimum Gasteiger partial charge on any atom is -0.404 e. The molecule has 0 atom stereocenters. The van der Waals surface area contributed by atoms with Gasteiger partial charge >= 0.3 is 0 Å². The monoisotopic (exact) mass is 193 g/mol. The number of hydrogen-bond donors (Lipinski definition) is 2. The highest BCUT2D eigenvalue weighted by Crippen LogP contribution is 2.09. The first-order valence-electron chi connectivity index (χ1n) is 5.09. The molecule has 0 spiro atoms. The quantitative estimate of drug-likeness (QED) is 0.666. The zero-order chi connectivity index (χ0) is 10.4. The Labute approximate surface area is 85.8 Å². The van der Waals surface area contributed by atoms with Crippen molar-refractivity contribution in [1.82, 2.24) is 5.32 Å². The van der Waals surface area contributed by atoms with E-state index in [1.54, 1.807) is 6.20 Å². The second-order valence-electron chi connectivity index (χ2n) is 3.73. The number of rotatable bonds is 3. The van der Waals surface area contributed by atoms with Crippen molar-refractivity contribution in [3.05, 3.63) is 23.5 Å². The van der Waals surface area contributed by atoms with Crippen molar-refractivity contribution in [1.29, 1.82) is 0 Å². The van der Waals surface area contributed by atoms with Crippen molar-refractivity contribution in [2.75, 3.05) is 13.1 Å². The Hall–Kier alpha value is -1.09. The van der Waals surface area contributed by atoms with E-state index in [1.807, 2.05) is 6.21 Å². The molecular weight excluding hydrogens is 174 g/mol. The lowest BCUT2D eigenvalue weighted by Gasteiger charge is -2.10. The van der Waals surface area contributed by atoms with Gasteiger partial charge in [-0.15, -0.1) is 0 Å². The zero-order valence-corrected chi connectivity index (χ0v) is 8.96. The minimum absolute atomic E-state index is 0.436. The number of aliphatic imine (C=N–C) groups is 1. The molecule has 1 aliphatic heterocycles. The van der Waals surface area contributed by atoms with Gasteiger partial charge in [-0.05, 0) is 23.8 Å². The summed E-state index contributed by atoms with van der Waals surface area (Å²) in [4.78, 5) is 4.42. The number of hydrogen-bond acceptors (Lipinski definition) is 3. The molecule has 0 aromatic rings. The molecule has 1 aliphatic rings. The maximum absolute atomic E-state index is 5.50. The Kier molecular flexibility index (Phi) is 4.40. The molecule has 3 heteroatoms. The highest BCUT2D eigenvalue weighted by atomic mass is 14.9. The first kappa shape index (κ1) is 11.0. The molecule has 0 aliphatic carbocycles. The Morgan fingerprint density at radius 2 is 2.43 bits per heavy atom. The third-order valence-electron chi connectivity index (χ3n) is 2.28. The highest BCUT2D eigenvalue weighted by Gasteiger charge is 2.02. The average Bonchev–Trinajstić information content (AvgIpc) is 2.20. The molecule has 3 nitrogen and oxygen atoms in total. The molecule has 0 aromatic carbocycles. The van der Waals surface area contributed by atoms with Gasteiger partial charge in [-0.2, -0.15) is 0 Å². The summed E-state index contributed by atoms with van der Waals surface area (Å²) in [6.07, 6.45) is 6.64. The molecule has 14 heavy (non-hydrogen) atoms. The van der Waals surface area contributed by atoms with Gasteiger partial charge in [0, 0.05) is 31.4 Å². The van der Waals surface area contributed by atoms with Gasteiger partial charge in [-0.3, -0.25) is 4.99 Å². The van der Waals surface area contributed by atoms with E-state index in [0.717, 1.165) is 30.8 Å². The summed E-state index contributed by atoms with van der Waals surface area (Å²) >= 11 is 0. The summed E-state index contributed by atoms with van der Waals surface area (Å²) in [6.45, 7) is 6.17. The number of allylic oxidation sites excluding steroid dienone is 1. The summed E-state index contributed by atoms with van der Waals surface area (Å²) < 4.78 is 0. The van der Waals surface area contributed by atoms with Gasteiger partial charge in [0.1, 0.15) is 0 Å². The predicted octanol–water partition coefficient (Wildman–Crippen LogP) is 1.43. The lowest BCUT2D eigenvalue weighted by molar-refractivity contribution is 0.699. The van der Waals surface area contributed by atoms with Crippen molar-refractivity contribution in [2.45, 2.75) is 20.3 Å². The summed E-state index contributed by atoms with van der Waals surface area (Å²) in [6, 6.07) is 0. The number of nitrogens with two attached hydrogens (primary N) is 1. The van der Waals surface area contributed by atoms with E-state index >= 15 is 0 Å². The van der Waals surface area contributed by atoms with Gasteiger partial charge in [0.25, 0.3) is 0 Å². The Morgan fingerprint density at radius 3 is 2.93 bits per heavy atom. The molecule has 0 bridgehead atoms. The lowest BCUT2D eigenvalue weighted by atomic mass is 10.1. The van der Waals surface area contributed by atoms with Crippen LogP contribution in [0.1, 0.15) is 20.3 Å². The highest BCUT2D eigenvalue weighted by molar-refractivity contribution is 5.79. The molecule has 0 fully saturated rings. The fraction of sp³-hybridized carbons (Fsp3) is 0.545. The topological polar surface area (TPSA) is 50.4 Å². The Morgan fingerprint density at radius 1 is 1.64 bits per heavy atom. The number of nitrogens with one attached hydrogen (secondary N) is 1. The lowest BCUT2D eigenvalue weighted by Crippen LogP contribution is -2.20. The smallest absolute Gasteiger partial charge is 0.0389 e. The van der Waals surface area contributed by atoms with Crippen molar-refractivity contribution in [3.63, 3.8) is 0 Å². The summed E-state index contributed by atoms with van der Waals surface area (Å²) in [5.74, 6) is 0.436. The van der Waals surface area contributed by atoms with E-state index in [9.17, 15) is 0 Å². The molecule has 1 rings (SSSR count). The van der Waals surface area contributed by atoms with Crippen molar-refractivity contribution >= 4 is 6.21 Å². The second kappa shape index (κ2) is 5.60. The molecule has 0 amide bonds. The van der Waals surface area contributed by atoms with Gasteiger partial charge in [0.15, 0.2) is 0 Å². The summed E-state index contributed by atoms with van der Waals surface area (Å²) in [5, 5.41) is 3.25. The van der Waals surface area contributed by atoms with Crippen LogP contribution in [-0.2, 0) is 0 Å². The van der Waals surface area contributed by atoms with Gasteiger partial charge in [0.2, 0.25) is 0 Å². The molecule has 0 saturated carbocycles. The van der Waals surface area contributed by atoms with E-state index in [0.29, 0.717) is 5.92 Å². The molecule has 3 N–H and O–H groups in total. The largest absolute Gasteiger partial charge is 0.404 e. The van der Waals surface area contributed by atoms with Gasteiger partial charge < -0.3 is 11.1 Å². The van der Waals surface area contributed by atoms with Crippen molar-refractivity contribution in [2.24, 2.45) is 16.6 Å². The van der Waals surface area contributed by atoms with E-state index in [-0.39, 0.29) is 0 Å². The molecule has 78 valence electrons. The average molecular weight is 193 g/mol. The fourth-order valence-electron chi connectivity index (χ4n) is 1.27. The van der Waals surface area contributed by atoms with Crippen molar-refractivity contribution < 1.29 is 0 Å². The zero-order valence-electron chi connectivity index (χ0n) is 8.96. The summed E-state index contributed by atoms with van der Waals surface area (Å²) in [5.41, 5.74) is 7.75. The van der Waals surface area contributed by atoms with Gasteiger partial charge in [0.05, 0.1) is 0 Å². The van der Waals surface area contributed by atoms with Crippen molar-refractivity contribution in [3.8, 4) is 0 Å². The van der Waals surface area contributed by atoms with E-state index in [2.05, 4.69) is 30.2 Å². The first-order chi connectivity index (χ1) is 6.74. The third-order valence-corrected chi connectivity index (χ3v) is 2.28. The molecule has 0 saturated heterocycles. The third kappa shape index (κ3) is 3.34. The fourth-order valence-corrected chi connectivity index (χ4v) is 1.27. The van der Waals surface area contributed by atoms with Gasteiger partial charge in [-0.25, -0.2) is 0 Å². The molecule has 0 radical (unpaired) electrons. The number of nitrogens with zero attached hydrogens (tertiary/aromatic N) is 1. The maximum atomic E-state index is 5.50. The Bertz CT molecular complexity index is 262. The Balaban J connectivity index is 2.57. The maximum Gasteiger partial charge on any atom is 0.0389 e. The van der Waals surface area contributed by atoms with Crippen LogP contribution in [0.2, 0.25) is 0 Å². The van der Waals surface area contributed by atoms with E-state index in [1.165, 1.54) is 0 Å². The summed E-state index contributed by atoms with van der Waals surface area (Å²) in [7, 11) is 0. The van der Waals surface area contributed by atoms with Crippen LogP contribution >= 0.6 is 0 Å². The van der Waals surface area contributed by atoms with Crippen LogP contribution in [0.15, 0.2) is 28.5 Å². The van der Waals surface area contributed by atoms with Crippen LogP contribution in [0.3, 0.4) is 0 Å². The van der Waals surface area contributed by atoms with Crippen LogP contribution in [-0.4, -0.2) is 19.3 Å². The van der Waals surface area contributed by atoms with Crippen LogP contribution in [0, 0.1) is 5.92 Å². The van der Waals surface area contributed by atoms with E-state index < -0.39 is 0 Å².